The summed E-state index contributed by atoms with van der Waals surface area (Å²) in [5.41, 5.74) is 6.42. The number of hydrogen-bond acceptors (Lipinski definition) is 6. The van der Waals surface area contributed by atoms with E-state index in [1.165, 1.54) is 17.7 Å². The lowest BCUT2D eigenvalue weighted by atomic mass is 9.89. The molecule has 7 rings (SSSR count). The molecular formula is C36H39F2N7O2. The standard InChI is InChI=1S/C36H39F2N7O2/c1-23-16-27-19-32(40-23)30-22-39-43(2)35(30)47-15-5-3-4-11-45-33-20-26(6-7-31(33)41-36(45)42-34(27)46)25-9-13-44(14-10-25)12-8-24-17-28(37)21-29(38)18-24/h6-7,16-22,25H,3-5,8-15H2,1-2H3,(H,41,42,46). The number of anilines is 1. The highest BCUT2D eigenvalue weighted by Gasteiger charge is 2.23. The van der Waals surface area contributed by atoms with E-state index >= 15 is 0 Å². The summed E-state index contributed by atoms with van der Waals surface area (Å²) in [4.78, 5) is 25.6. The fourth-order valence-corrected chi connectivity index (χ4v) is 6.85. The number of fused-ring (bicyclic) bond motifs is 7. The number of benzene rings is 2. The number of ether oxygens (including phenoxy) is 1. The van der Waals surface area contributed by atoms with Crippen molar-refractivity contribution in [3.8, 4) is 17.1 Å². The first-order valence-corrected chi connectivity index (χ1v) is 16.4. The number of halogens is 2. The van der Waals surface area contributed by atoms with Gasteiger partial charge in [-0.05, 0) is 112 Å². The summed E-state index contributed by atoms with van der Waals surface area (Å²) in [6, 6.07) is 13.8. The Morgan fingerprint density at radius 1 is 0.957 bits per heavy atom. The van der Waals surface area contributed by atoms with Crippen LogP contribution in [-0.2, 0) is 20.0 Å². The molecule has 0 aliphatic carbocycles. The molecule has 1 saturated heterocycles. The summed E-state index contributed by atoms with van der Waals surface area (Å²) in [6.45, 7) is 5.77. The van der Waals surface area contributed by atoms with Gasteiger partial charge >= 0.3 is 0 Å². The number of aromatic nitrogens is 5. The molecule has 2 aliphatic heterocycles. The molecule has 5 heterocycles. The second-order valence-electron chi connectivity index (χ2n) is 12.7. The maximum Gasteiger partial charge on any atom is 0.258 e. The van der Waals surface area contributed by atoms with Gasteiger partial charge in [0.15, 0.2) is 0 Å². The van der Waals surface area contributed by atoms with Crippen LogP contribution in [0.15, 0.2) is 54.7 Å². The van der Waals surface area contributed by atoms with Crippen molar-refractivity contribution >= 4 is 22.9 Å². The van der Waals surface area contributed by atoms with Crippen LogP contribution >= 0.6 is 0 Å². The minimum absolute atomic E-state index is 0.247. The Labute approximate surface area is 272 Å². The van der Waals surface area contributed by atoms with Crippen LogP contribution in [0.25, 0.3) is 22.3 Å². The zero-order valence-corrected chi connectivity index (χ0v) is 26.8. The number of amides is 1. The Bertz CT molecular complexity index is 1910. The number of carbonyl (C=O) groups excluding carboxylic acids is 1. The topological polar surface area (TPSA) is 90.1 Å². The maximum atomic E-state index is 13.7. The SMILES string of the molecule is Cc1cc2cc(n1)-c1cnn(C)c1OCCCCCn1c(nc3ccc(C4CCN(CCc5cc(F)cc(F)c5)CC4)cc31)NC2=O. The minimum atomic E-state index is -0.528. The summed E-state index contributed by atoms with van der Waals surface area (Å²) in [6.07, 6.45) is 7.09. The van der Waals surface area contributed by atoms with E-state index in [-0.39, 0.29) is 5.91 Å². The smallest absolute Gasteiger partial charge is 0.258 e. The molecule has 2 aromatic carbocycles. The molecule has 5 aromatic rings. The monoisotopic (exact) mass is 639 g/mol. The first kappa shape index (κ1) is 31.0. The van der Waals surface area contributed by atoms with Crippen molar-refractivity contribution in [2.24, 2.45) is 7.05 Å². The average molecular weight is 640 g/mol. The number of rotatable bonds is 4. The van der Waals surface area contributed by atoms with E-state index in [1.54, 1.807) is 23.0 Å². The Balaban J connectivity index is 1.11. The predicted octanol–water partition coefficient (Wildman–Crippen LogP) is 6.66. The lowest BCUT2D eigenvalue weighted by molar-refractivity contribution is 0.102. The van der Waals surface area contributed by atoms with E-state index in [1.807, 2.05) is 14.0 Å². The Morgan fingerprint density at radius 2 is 1.77 bits per heavy atom. The molecule has 0 saturated carbocycles. The quantitative estimate of drug-likeness (QED) is 0.237. The first-order chi connectivity index (χ1) is 22.8. The number of nitrogens with one attached hydrogen (secondary N) is 1. The zero-order chi connectivity index (χ0) is 32.5. The van der Waals surface area contributed by atoms with Crippen LogP contribution in [0, 0.1) is 18.6 Å². The van der Waals surface area contributed by atoms with Gasteiger partial charge in [-0.25, -0.2) is 18.4 Å². The van der Waals surface area contributed by atoms with Crippen molar-refractivity contribution in [1.82, 2.24) is 29.2 Å². The van der Waals surface area contributed by atoms with Gasteiger partial charge in [-0.3, -0.25) is 15.1 Å². The van der Waals surface area contributed by atoms with Gasteiger partial charge < -0.3 is 14.2 Å². The fourth-order valence-electron chi connectivity index (χ4n) is 6.85. The Morgan fingerprint density at radius 3 is 2.57 bits per heavy atom. The van der Waals surface area contributed by atoms with Crippen LogP contribution in [0.2, 0.25) is 0 Å². The number of aryl methyl sites for hydroxylation is 3. The predicted molar refractivity (Wildman–Crippen MR) is 177 cm³/mol. The molecule has 0 spiro atoms. The molecule has 0 radical (unpaired) electrons. The number of piperidine rings is 1. The third-order valence-electron chi connectivity index (χ3n) is 9.34. The van der Waals surface area contributed by atoms with Crippen LogP contribution in [0.1, 0.15) is 65.2 Å². The van der Waals surface area contributed by atoms with Crippen molar-refractivity contribution in [2.45, 2.75) is 57.9 Å². The molecule has 1 fully saturated rings. The molecule has 47 heavy (non-hydrogen) atoms. The molecule has 2 bridgehead atoms. The van der Waals surface area contributed by atoms with Crippen molar-refractivity contribution in [1.29, 1.82) is 0 Å². The molecule has 9 nitrogen and oxygen atoms in total. The van der Waals surface area contributed by atoms with Crippen molar-refractivity contribution in [2.75, 3.05) is 31.6 Å². The van der Waals surface area contributed by atoms with E-state index in [9.17, 15) is 13.6 Å². The van der Waals surface area contributed by atoms with Crippen LogP contribution in [-0.4, -0.2) is 61.4 Å². The highest BCUT2D eigenvalue weighted by molar-refractivity contribution is 6.04. The highest BCUT2D eigenvalue weighted by atomic mass is 19.1. The zero-order valence-electron chi connectivity index (χ0n) is 26.8. The van der Waals surface area contributed by atoms with E-state index in [0.29, 0.717) is 54.1 Å². The molecular weight excluding hydrogens is 600 g/mol. The van der Waals surface area contributed by atoms with Gasteiger partial charge in [0.25, 0.3) is 5.91 Å². The summed E-state index contributed by atoms with van der Waals surface area (Å²) in [5, 5.41) is 7.48. The molecule has 1 amide bonds. The van der Waals surface area contributed by atoms with Crippen molar-refractivity contribution < 1.29 is 18.3 Å². The molecule has 0 atom stereocenters. The van der Waals surface area contributed by atoms with Crippen LogP contribution < -0.4 is 10.1 Å². The van der Waals surface area contributed by atoms with E-state index in [2.05, 4.69) is 43.1 Å². The average Bonchev–Trinajstić information content (AvgIpc) is 3.59. The minimum Gasteiger partial charge on any atom is -0.477 e. The van der Waals surface area contributed by atoms with Crippen LogP contribution in [0.4, 0.5) is 14.7 Å². The number of likely N-dealkylation sites (tertiary alicyclic amines) is 1. The van der Waals surface area contributed by atoms with Crippen molar-refractivity contribution in [3.05, 3.63) is 88.7 Å². The second-order valence-corrected chi connectivity index (χ2v) is 12.7. The van der Waals surface area contributed by atoms with Gasteiger partial charge in [0.1, 0.15) is 11.6 Å². The number of pyridine rings is 1. The maximum absolute atomic E-state index is 13.7. The number of carbonyl (C=O) groups is 1. The molecule has 244 valence electrons. The van der Waals surface area contributed by atoms with Gasteiger partial charge in [-0.2, -0.15) is 5.10 Å². The van der Waals surface area contributed by atoms with E-state index in [4.69, 9.17) is 9.72 Å². The molecule has 2 aliphatic rings. The van der Waals surface area contributed by atoms with E-state index < -0.39 is 11.6 Å². The van der Waals surface area contributed by atoms with Crippen LogP contribution in [0.3, 0.4) is 0 Å². The normalized spacial score (nSPS) is 16.6. The first-order valence-electron chi connectivity index (χ1n) is 16.4. The van der Waals surface area contributed by atoms with Gasteiger partial charge in [0.2, 0.25) is 11.8 Å². The Kier molecular flexibility index (Phi) is 8.72. The summed E-state index contributed by atoms with van der Waals surface area (Å²) in [7, 11) is 1.84. The van der Waals surface area contributed by atoms with Gasteiger partial charge in [0.05, 0.1) is 35.1 Å². The molecule has 11 heteroatoms. The third kappa shape index (κ3) is 6.76. The Hall–Kier alpha value is -4.64. The highest BCUT2D eigenvalue weighted by Crippen LogP contribution is 2.33. The summed E-state index contributed by atoms with van der Waals surface area (Å²) < 4.78 is 37.2. The fraction of sp³-hybridized carbons (Fsp3) is 0.389. The third-order valence-corrected chi connectivity index (χ3v) is 9.34. The van der Waals surface area contributed by atoms with E-state index in [0.717, 1.165) is 80.1 Å². The number of nitrogens with zero attached hydrogens (tertiary/aromatic N) is 6. The lowest BCUT2D eigenvalue weighted by Crippen LogP contribution is -2.34. The summed E-state index contributed by atoms with van der Waals surface area (Å²) in [5.74, 6) is 0.276. The lowest BCUT2D eigenvalue weighted by Gasteiger charge is -2.32. The molecule has 0 unspecified atom stereocenters. The second kappa shape index (κ2) is 13.2. The van der Waals surface area contributed by atoms with Gasteiger partial charge in [-0.15, -0.1) is 0 Å². The van der Waals surface area contributed by atoms with Crippen molar-refractivity contribution in [3.63, 3.8) is 0 Å². The number of hydrogen-bond donors (Lipinski definition) is 1. The van der Waals surface area contributed by atoms with Gasteiger partial charge in [-0.1, -0.05) is 6.07 Å². The summed E-state index contributed by atoms with van der Waals surface area (Å²) >= 11 is 0. The van der Waals surface area contributed by atoms with Gasteiger partial charge in [0, 0.05) is 37.5 Å². The largest absolute Gasteiger partial charge is 0.477 e. The molecule has 3 aromatic heterocycles. The molecule has 1 N–H and O–H groups in total. The van der Waals surface area contributed by atoms with Crippen LogP contribution in [0.5, 0.6) is 5.88 Å². The number of imidazole rings is 1.